The van der Waals surface area contributed by atoms with E-state index in [-0.39, 0.29) is 18.5 Å². The second-order valence-corrected chi connectivity index (χ2v) is 23.1. The molecular formula is C69H131NO5. The molecule has 6 heteroatoms. The van der Waals surface area contributed by atoms with Crippen LogP contribution in [-0.4, -0.2) is 47.4 Å². The summed E-state index contributed by atoms with van der Waals surface area (Å²) in [5.74, 6) is -0.0710. The first kappa shape index (κ1) is 73.1. The lowest BCUT2D eigenvalue weighted by molar-refractivity contribution is -0.143. The molecule has 0 aliphatic carbocycles. The van der Waals surface area contributed by atoms with Gasteiger partial charge in [0.05, 0.1) is 25.4 Å². The van der Waals surface area contributed by atoms with E-state index in [2.05, 4.69) is 43.5 Å². The van der Waals surface area contributed by atoms with Crippen LogP contribution in [-0.2, 0) is 14.3 Å². The number of hydrogen-bond acceptors (Lipinski definition) is 5. The number of carbonyl (C=O) groups excluding carboxylic acids is 2. The largest absolute Gasteiger partial charge is 0.466 e. The van der Waals surface area contributed by atoms with Gasteiger partial charge in [-0.05, 0) is 83.5 Å². The summed E-state index contributed by atoms with van der Waals surface area (Å²) in [5, 5.41) is 23.2. The zero-order valence-corrected chi connectivity index (χ0v) is 50.5. The lowest BCUT2D eigenvalue weighted by atomic mass is 10.0. The summed E-state index contributed by atoms with van der Waals surface area (Å²) >= 11 is 0. The fraction of sp³-hybridized carbons (Fsp3) is 0.884. The summed E-state index contributed by atoms with van der Waals surface area (Å²) in [6, 6.07) is -0.636. The third kappa shape index (κ3) is 61.2. The van der Waals surface area contributed by atoms with Gasteiger partial charge in [-0.1, -0.05) is 307 Å². The molecule has 2 unspecified atom stereocenters. The van der Waals surface area contributed by atoms with Crippen molar-refractivity contribution in [1.82, 2.24) is 5.32 Å². The average molecular weight is 1050 g/mol. The third-order valence-corrected chi connectivity index (χ3v) is 15.6. The molecule has 0 saturated heterocycles. The number of carbonyl (C=O) groups is 2. The van der Waals surface area contributed by atoms with Crippen molar-refractivity contribution in [3.05, 3.63) is 36.5 Å². The van der Waals surface area contributed by atoms with E-state index < -0.39 is 12.1 Å². The second kappa shape index (κ2) is 64.6. The van der Waals surface area contributed by atoms with Gasteiger partial charge in [0, 0.05) is 12.8 Å². The fourth-order valence-electron chi connectivity index (χ4n) is 10.4. The van der Waals surface area contributed by atoms with Crippen LogP contribution in [0.5, 0.6) is 0 Å². The molecular weight excluding hydrogens is 923 g/mol. The normalized spacial score (nSPS) is 12.7. The molecule has 0 aromatic rings. The third-order valence-electron chi connectivity index (χ3n) is 15.6. The van der Waals surface area contributed by atoms with E-state index in [0.717, 1.165) is 51.4 Å². The van der Waals surface area contributed by atoms with E-state index in [1.807, 2.05) is 6.08 Å². The van der Waals surface area contributed by atoms with Crippen LogP contribution in [0.3, 0.4) is 0 Å². The van der Waals surface area contributed by atoms with E-state index in [9.17, 15) is 19.8 Å². The fourth-order valence-corrected chi connectivity index (χ4v) is 10.4. The number of ether oxygens (including phenoxy) is 1. The van der Waals surface area contributed by atoms with Crippen LogP contribution in [0.4, 0.5) is 0 Å². The molecule has 6 nitrogen and oxygen atoms in total. The highest BCUT2D eigenvalue weighted by molar-refractivity contribution is 5.76. The van der Waals surface area contributed by atoms with E-state index in [0.29, 0.717) is 19.4 Å². The predicted octanol–water partition coefficient (Wildman–Crippen LogP) is 21.5. The van der Waals surface area contributed by atoms with Crippen molar-refractivity contribution in [3.63, 3.8) is 0 Å². The van der Waals surface area contributed by atoms with Gasteiger partial charge in [-0.15, -0.1) is 0 Å². The summed E-state index contributed by atoms with van der Waals surface area (Å²) in [4.78, 5) is 24.6. The van der Waals surface area contributed by atoms with Crippen molar-refractivity contribution in [1.29, 1.82) is 0 Å². The number of esters is 1. The standard InChI is InChI=1S/C69H131NO5/c1-3-5-7-9-11-13-15-17-19-21-22-23-26-30-33-37-41-45-49-53-57-61-67(72)66(65-71)70-68(73)62-58-54-50-46-42-38-34-31-27-24-25-28-32-36-40-44-48-52-56-60-64-75-69(74)63-59-55-51-47-43-39-35-29-20-18-16-14-12-10-8-6-4-2/h18,20,24,27,57,61,66-67,71-72H,3-17,19,21-23,25-26,28-56,58-60,62-65H2,1-2H3,(H,70,73)/b20-18-,27-24-,61-57+. The van der Waals surface area contributed by atoms with Crippen LogP contribution in [0.1, 0.15) is 367 Å². The summed E-state index contributed by atoms with van der Waals surface area (Å²) in [6.07, 6.45) is 82.0. The quantitative estimate of drug-likeness (QED) is 0.0320. The smallest absolute Gasteiger partial charge is 0.305 e. The maximum Gasteiger partial charge on any atom is 0.305 e. The van der Waals surface area contributed by atoms with Gasteiger partial charge in [0.25, 0.3) is 0 Å². The molecule has 75 heavy (non-hydrogen) atoms. The lowest BCUT2D eigenvalue weighted by Gasteiger charge is -2.20. The predicted molar refractivity (Wildman–Crippen MR) is 329 cm³/mol. The molecule has 0 rings (SSSR count). The Kier molecular flexibility index (Phi) is 63.0. The number of hydrogen-bond donors (Lipinski definition) is 3. The second-order valence-electron chi connectivity index (χ2n) is 23.1. The van der Waals surface area contributed by atoms with Crippen molar-refractivity contribution in [2.75, 3.05) is 13.2 Å². The molecule has 1 amide bonds. The molecule has 0 aliphatic heterocycles. The van der Waals surface area contributed by atoms with Crippen molar-refractivity contribution in [2.24, 2.45) is 0 Å². The molecule has 0 radical (unpaired) electrons. The highest BCUT2D eigenvalue weighted by atomic mass is 16.5. The van der Waals surface area contributed by atoms with Crippen molar-refractivity contribution in [2.45, 2.75) is 379 Å². The van der Waals surface area contributed by atoms with E-state index in [1.54, 1.807) is 6.08 Å². The molecule has 3 N–H and O–H groups in total. The van der Waals surface area contributed by atoms with Gasteiger partial charge in [-0.3, -0.25) is 9.59 Å². The number of aliphatic hydroxyl groups excluding tert-OH is 2. The first-order valence-corrected chi connectivity index (χ1v) is 33.8. The molecule has 442 valence electrons. The SMILES string of the molecule is CCCCCCCC/C=C\CCCCCCCCCC(=O)OCCCCCCCCCCC/C=C\CCCCCCCCCC(=O)NC(CO)C(O)/C=C/CCCCCCCCCCCCCCCCCCCCC. The monoisotopic (exact) mass is 1050 g/mol. The summed E-state index contributed by atoms with van der Waals surface area (Å²) < 4.78 is 5.49. The highest BCUT2D eigenvalue weighted by Gasteiger charge is 2.18. The van der Waals surface area contributed by atoms with Crippen LogP contribution in [0, 0.1) is 0 Å². The minimum atomic E-state index is -0.852. The van der Waals surface area contributed by atoms with Crippen LogP contribution < -0.4 is 5.32 Å². The molecule has 0 saturated carbocycles. The van der Waals surface area contributed by atoms with E-state index in [1.165, 1.54) is 289 Å². The van der Waals surface area contributed by atoms with Gasteiger partial charge >= 0.3 is 5.97 Å². The van der Waals surface area contributed by atoms with Crippen molar-refractivity contribution < 1.29 is 24.5 Å². The van der Waals surface area contributed by atoms with Gasteiger partial charge in [0.1, 0.15) is 0 Å². The molecule has 0 bridgehead atoms. The van der Waals surface area contributed by atoms with Crippen LogP contribution >= 0.6 is 0 Å². The maximum absolute atomic E-state index is 12.5. The van der Waals surface area contributed by atoms with Crippen molar-refractivity contribution >= 4 is 11.9 Å². The topological polar surface area (TPSA) is 95.9 Å². The number of amides is 1. The Morgan fingerprint density at radius 1 is 0.360 bits per heavy atom. The Morgan fingerprint density at radius 3 is 0.947 bits per heavy atom. The summed E-state index contributed by atoms with van der Waals surface area (Å²) in [6.45, 7) is 4.92. The lowest BCUT2D eigenvalue weighted by Crippen LogP contribution is -2.45. The van der Waals surface area contributed by atoms with E-state index >= 15 is 0 Å². The first-order chi connectivity index (χ1) is 37.0. The number of nitrogens with one attached hydrogen (secondary N) is 1. The van der Waals surface area contributed by atoms with Gasteiger partial charge in [0.15, 0.2) is 0 Å². The van der Waals surface area contributed by atoms with Gasteiger partial charge in [-0.2, -0.15) is 0 Å². The number of unbranched alkanes of at least 4 members (excludes halogenated alkanes) is 48. The molecule has 0 heterocycles. The zero-order chi connectivity index (χ0) is 54.3. The number of rotatable bonds is 63. The number of allylic oxidation sites excluding steroid dienone is 5. The van der Waals surface area contributed by atoms with Crippen LogP contribution in [0.15, 0.2) is 36.5 Å². The van der Waals surface area contributed by atoms with Gasteiger partial charge < -0.3 is 20.3 Å². The van der Waals surface area contributed by atoms with Crippen LogP contribution in [0.2, 0.25) is 0 Å². The summed E-state index contributed by atoms with van der Waals surface area (Å²) in [7, 11) is 0. The molecule has 0 fully saturated rings. The minimum absolute atomic E-state index is 0.00269. The molecule has 0 aromatic heterocycles. The molecule has 0 aliphatic rings. The average Bonchev–Trinajstić information content (AvgIpc) is 3.41. The molecule has 2 atom stereocenters. The zero-order valence-electron chi connectivity index (χ0n) is 50.5. The number of aliphatic hydroxyl groups is 2. The first-order valence-electron chi connectivity index (χ1n) is 33.8. The van der Waals surface area contributed by atoms with Gasteiger partial charge in [-0.25, -0.2) is 0 Å². The Bertz CT molecular complexity index is 1210. The van der Waals surface area contributed by atoms with Crippen molar-refractivity contribution in [3.8, 4) is 0 Å². The Morgan fingerprint density at radius 2 is 0.627 bits per heavy atom. The van der Waals surface area contributed by atoms with E-state index in [4.69, 9.17) is 4.74 Å². The molecule has 0 aromatic carbocycles. The Balaban J connectivity index is 3.45. The Labute approximate surface area is 468 Å². The minimum Gasteiger partial charge on any atom is -0.466 e. The summed E-state index contributed by atoms with van der Waals surface area (Å²) in [5.41, 5.74) is 0. The van der Waals surface area contributed by atoms with Gasteiger partial charge in [0.2, 0.25) is 5.91 Å². The van der Waals surface area contributed by atoms with Crippen LogP contribution in [0.25, 0.3) is 0 Å². The molecule has 0 spiro atoms. The maximum atomic E-state index is 12.5. The highest BCUT2D eigenvalue weighted by Crippen LogP contribution is 2.18. The Hall–Kier alpha value is -1.92.